The van der Waals surface area contributed by atoms with Gasteiger partial charge in [0.1, 0.15) is 17.9 Å². The lowest BCUT2D eigenvalue weighted by atomic mass is 9.99. The number of hydrogen-bond donors (Lipinski definition) is 1. The van der Waals surface area contributed by atoms with E-state index in [0.29, 0.717) is 30.9 Å². The lowest BCUT2D eigenvalue weighted by Gasteiger charge is -2.17. The van der Waals surface area contributed by atoms with Crippen molar-refractivity contribution in [3.8, 4) is 5.75 Å². The zero-order chi connectivity index (χ0) is 22.9. The first-order chi connectivity index (χ1) is 15.2. The third-order valence-corrected chi connectivity index (χ3v) is 7.49. The Bertz CT molecular complexity index is 1220. The number of hydrogen-bond acceptors (Lipinski definition) is 5. The number of carboxylic acid groups (broad SMARTS) is 1. The van der Waals surface area contributed by atoms with Crippen LogP contribution < -0.4 is 4.74 Å². The molecule has 3 heterocycles. The van der Waals surface area contributed by atoms with E-state index in [1.54, 1.807) is 35.0 Å². The van der Waals surface area contributed by atoms with Gasteiger partial charge in [-0.2, -0.15) is 4.31 Å². The maximum atomic E-state index is 13.1. The molecule has 1 unspecified atom stereocenters. The molecule has 4 rings (SSSR count). The molecule has 1 aromatic carbocycles. The highest BCUT2D eigenvalue weighted by Gasteiger charge is 2.33. The van der Waals surface area contributed by atoms with Crippen LogP contribution in [0.3, 0.4) is 0 Å². The molecule has 0 spiro atoms. The first-order valence-corrected chi connectivity index (χ1v) is 12.1. The summed E-state index contributed by atoms with van der Waals surface area (Å²) >= 11 is 0. The second kappa shape index (κ2) is 8.91. The van der Waals surface area contributed by atoms with Crippen LogP contribution in [0.15, 0.2) is 53.7 Å². The molecule has 8 nitrogen and oxygen atoms in total. The molecular formula is C23H27N3O5S. The number of carboxylic acids is 1. The highest BCUT2D eigenvalue weighted by Crippen LogP contribution is 2.30. The average molecular weight is 458 g/mol. The Kier molecular flexibility index (Phi) is 6.21. The predicted octanol–water partition coefficient (Wildman–Crippen LogP) is 3.16. The quantitative estimate of drug-likeness (QED) is 0.558. The van der Waals surface area contributed by atoms with Crippen LogP contribution in [0.2, 0.25) is 0 Å². The fraction of sp³-hybridized carbons (Fsp3) is 0.391. The zero-order valence-corrected chi connectivity index (χ0v) is 19.0. The van der Waals surface area contributed by atoms with Gasteiger partial charge in [0.25, 0.3) is 0 Å². The summed E-state index contributed by atoms with van der Waals surface area (Å²) in [5.41, 5.74) is 1.63. The smallest absolute Gasteiger partial charge is 0.323 e. The standard InChI is InChI=1S/C23H27N3O5S/c1-16(2)31-19-5-7-20(8-6-19)32(29,30)26-11-9-17(13-26)12-18-14-25(15-22(27)28)23-21(18)4-3-10-24-23/h3-8,10,14,16-17H,9,11-13,15H2,1-2H3,(H,27,28). The fourth-order valence-corrected chi connectivity index (χ4v) is 5.76. The molecular weight excluding hydrogens is 430 g/mol. The van der Waals surface area contributed by atoms with Crippen LogP contribution in [0.5, 0.6) is 5.75 Å². The van der Waals surface area contributed by atoms with Crippen molar-refractivity contribution in [1.82, 2.24) is 13.9 Å². The predicted molar refractivity (Wildman–Crippen MR) is 120 cm³/mol. The van der Waals surface area contributed by atoms with Gasteiger partial charge in [-0.15, -0.1) is 0 Å². The summed E-state index contributed by atoms with van der Waals surface area (Å²) in [7, 11) is -3.58. The lowest BCUT2D eigenvalue weighted by Crippen LogP contribution is -2.29. The average Bonchev–Trinajstić information content (AvgIpc) is 3.34. The molecule has 9 heteroatoms. The molecule has 0 radical (unpaired) electrons. The molecule has 3 aromatic rings. The maximum Gasteiger partial charge on any atom is 0.323 e. The molecule has 1 atom stereocenters. The van der Waals surface area contributed by atoms with Crippen molar-refractivity contribution in [2.24, 2.45) is 5.92 Å². The first kappa shape index (κ1) is 22.3. The molecule has 1 aliphatic heterocycles. The van der Waals surface area contributed by atoms with Crippen LogP contribution >= 0.6 is 0 Å². The normalized spacial score (nSPS) is 17.3. The van der Waals surface area contributed by atoms with E-state index >= 15 is 0 Å². The monoisotopic (exact) mass is 457 g/mol. The summed E-state index contributed by atoms with van der Waals surface area (Å²) in [6.07, 6.45) is 4.91. The third-order valence-electron chi connectivity index (χ3n) is 5.61. The summed E-state index contributed by atoms with van der Waals surface area (Å²) in [6.45, 7) is 4.57. The number of benzene rings is 1. The van der Waals surface area contributed by atoms with Crippen molar-refractivity contribution < 1.29 is 23.1 Å². The molecule has 1 saturated heterocycles. The van der Waals surface area contributed by atoms with Crippen molar-refractivity contribution >= 4 is 27.0 Å². The molecule has 0 amide bonds. The molecule has 170 valence electrons. The van der Waals surface area contributed by atoms with Gasteiger partial charge in [0, 0.05) is 30.9 Å². The molecule has 0 aliphatic carbocycles. The Hall–Kier alpha value is -2.91. The number of fused-ring (bicyclic) bond motifs is 1. The highest BCUT2D eigenvalue weighted by molar-refractivity contribution is 7.89. The van der Waals surface area contributed by atoms with Crippen LogP contribution in [0, 0.1) is 5.92 Å². The summed E-state index contributed by atoms with van der Waals surface area (Å²) in [5, 5.41) is 10.1. The van der Waals surface area contributed by atoms with Crippen LogP contribution in [0.1, 0.15) is 25.8 Å². The van der Waals surface area contributed by atoms with E-state index < -0.39 is 16.0 Å². The molecule has 2 aromatic heterocycles. The Morgan fingerprint density at radius 2 is 2.00 bits per heavy atom. The second-order valence-corrected chi connectivity index (χ2v) is 10.3. The van der Waals surface area contributed by atoms with Gasteiger partial charge in [-0.1, -0.05) is 0 Å². The fourth-order valence-electron chi connectivity index (χ4n) is 4.23. The number of ether oxygens (including phenoxy) is 1. The van der Waals surface area contributed by atoms with Gasteiger partial charge in [-0.25, -0.2) is 13.4 Å². The summed E-state index contributed by atoms with van der Waals surface area (Å²) in [6, 6.07) is 10.3. The number of nitrogens with zero attached hydrogens (tertiary/aromatic N) is 3. The van der Waals surface area contributed by atoms with Gasteiger partial charge in [-0.3, -0.25) is 4.79 Å². The van der Waals surface area contributed by atoms with E-state index in [4.69, 9.17) is 4.74 Å². The van der Waals surface area contributed by atoms with E-state index in [1.165, 1.54) is 4.31 Å². The topological polar surface area (TPSA) is 102 Å². The third kappa shape index (κ3) is 4.63. The molecule has 1 aliphatic rings. The maximum absolute atomic E-state index is 13.1. The Balaban J connectivity index is 1.48. The van der Waals surface area contributed by atoms with Gasteiger partial charge in [0.05, 0.1) is 11.0 Å². The number of carbonyl (C=O) groups is 1. The van der Waals surface area contributed by atoms with E-state index in [1.807, 2.05) is 32.2 Å². The number of aromatic nitrogens is 2. The Morgan fingerprint density at radius 3 is 2.69 bits per heavy atom. The van der Waals surface area contributed by atoms with Crippen molar-refractivity contribution in [2.45, 2.75) is 44.2 Å². The van der Waals surface area contributed by atoms with Crippen molar-refractivity contribution in [3.05, 3.63) is 54.4 Å². The van der Waals surface area contributed by atoms with Gasteiger partial charge in [0.2, 0.25) is 10.0 Å². The summed E-state index contributed by atoms with van der Waals surface area (Å²) in [4.78, 5) is 15.8. The SMILES string of the molecule is CC(C)Oc1ccc(S(=O)(=O)N2CCC(Cc3cn(CC(=O)O)c4ncccc34)C2)cc1. The van der Waals surface area contributed by atoms with Crippen LogP contribution in [0.25, 0.3) is 11.0 Å². The minimum absolute atomic E-state index is 0.0217. The molecule has 0 bridgehead atoms. The van der Waals surface area contributed by atoms with Crippen molar-refractivity contribution in [3.63, 3.8) is 0 Å². The summed E-state index contributed by atoms with van der Waals surface area (Å²) < 4.78 is 35.0. The first-order valence-electron chi connectivity index (χ1n) is 10.7. The van der Waals surface area contributed by atoms with E-state index in [-0.39, 0.29) is 23.5 Å². The van der Waals surface area contributed by atoms with E-state index in [2.05, 4.69) is 4.98 Å². The van der Waals surface area contributed by atoms with E-state index in [0.717, 1.165) is 17.4 Å². The second-order valence-electron chi connectivity index (χ2n) is 8.41. The zero-order valence-electron chi connectivity index (χ0n) is 18.1. The van der Waals surface area contributed by atoms with Crippen LogP contribution in [-0.2, 0) is 27.8 Å². The van der Waals surface area contributed by atoms with Gasteiger partial charge in [-0.05, 0) is 74.6 Å². The minimum Gasteiger partial charge on any atom is -0.491 e. The lowest BCUT2D eigenvalue weighted by molar-refractivity contribution is -0.137. The van der Waals surface area contributed by atoms with Crippen molar-refractivity contribution in [2.75, 3.05) is 13.1 Å². The number of sulfonamides is 1. The van der Waals surface area contributed by atoms with Gasteiger partial charge >= 0.3 is 5.97 Å². The molecule has 1 fully saturated rings. The molecule has 32 heavy (non-hydrogen) atoms. The van der Waals surface area contributed by atoms with Crippen LogP contribution in [0.4, 0.5) is 0 Å². The van der Waals surface area contributed by atoms with Crippen molar-refractivity contribution in [1.29, 1.82) is 0 Å². The summed E-state index contributed by atoms with van der Waals surface area (Å²) in [5.74, 6) is -0.135. The number of pyridine rings is 1. The number of aliphatic carboxylic acids is 1. The van der Waals surface area contributed by atoms with Crippen LogP contribution in [-0.4, -0.2) is 52.5 Å². The number of rotatable bonds is 8. The molecule has 1 N–H and O–H groups in total. The Labute approximate surface area is 187 Å². The minimum atomic E-state index is -3.58. The Morgan fingerprint density at radius 1 is 1.25 bits per heavy atom. The van der Waals surface area contributed by atoms with Gasteiger partial charge < -0.3 is 14.4 Å². The van der Waals surface area contributed by atoms with Gasteiger partial charge in [0.15, 0.2) is 0 Å². The molecule has 0 saturated carbocycles. The highest BCUT2D eigenvalue weighted by atomic mass is 32.2. The van der Waals surface area contributed by atoms with E-state index in [9.17, 15) is 18.3 Å². The largest absolute Gasteiger partial charge is 0.491 e.